The molecule has 0 aliphatic heterocycles. The molecule has 0 bridgehead atoms. The Labute approximate surface area is 87.7 Å². The van der Waals surface area contributed by atoms with Gasteiger partial charge in [0.05, 0.1) is 6.10 Å². The van der Waals surface area contributed by atoms with Gasteiger partial charge in [0.2, 0.25) is 0 Å². The SMILES string of the molecule is CCOCC(C)[C@@H]1CC[C@@H](C)C[C@H]1O. The third kappa shape index (κ3) is 3.25. The monoisotopic (exact) mass is 200 g/mol. The predicted molar refractivity (Wildman–Crippen MR) is 58.2 cm³/mol. The van der Waals surface area contributed by atoms with Gasteiger partial charge in [-0.1, -0.05) is 20.3 Å². The van der Waals surface area contributed by atoms with E-state index in [2.05, 4.69) is 13.8 Å². The van der Waals surface area contributed by atoms with Crippen molar-refractivity contribution in [2.24, 2.45) is 17.8 Å². The van der Waals surface area contributed by atoms with Gasteiger partial charge < -0.3 is 9.84 Å². The van der Waals surface area contributed by atoms with Crippen LogP contribution in [0.4, 0.5) is 0 Å². The Morgan fingerprint density at radius 2 is 2.14 bits per heavy atom. The second-order valence-electron chi connectivity index (χ2n) is 4.79. The molecule has 2 heteroatoms. The largest absolute Gasteiger partial charge is 0.393 e. The smallest absolute Gasteiger partial charge is 0.0574 e. The summed E-state index contributed by atoms with van der Waals surface area (Å²) in [4.78, 5) is 0. The zero-order chi connectivity index (χ0) is 10.6. The van der Waals surface area contributed by atoms with E-state index in [0.29, 0.717) is 17.8 Å². The fourth-order valence-corrected chi connectivity index (χ4v) is 2.47. The summed E-state index contributed by atoms with van der Waals surface area (Å²) in [6, 6.07) is 0. The second-order valence-corrected chi connectivity index (χ2v) is 4.79. The second kappa shape index (κ2) is 5.72. The maximum absolute atomic E-state index is 9.95. The zero-order valence-electron chi connectivity index (χ0n) is 9.70. The van der Waals surface area contributed by atoms with Crippen molar-refractivity contribution >= 4 is 0 Å². The number of rotatable bonds is 4. The molecule has 0 radical (unpaired) electrons. The van der Waals surface area contributed by atoms with Crippen molar-refractivity contribution in [1.29, 1.82) is 0 Å². The van der Waals surface area contributed by atoms with Crippen molar-refractivity contribution in [1.82, 2.24) is 0 Å². The van der Waals surface area contributed by atoms with Gasteiger partial charge in [0.15, 0.2) is 0 Å². The van der Waals surface area contributed by atoms with Crippen LogP contribution in [0.3, 0.4) is 0 Å². The molecule has 0 aromatic rings. The van der Waals surface area contributed by atoms with Crippen LogP contribution in [-0.4, -0.2) is 24.4 Å². The van der Waals surface area contributed by atoms with Gasteiger partial charge in [-0.05, 0) is 37.5 Å². The summed E-state index contributed by atoms with van der Waals surface area (Å²) in [7, 11) is 0. The summed E-state index contributed by atoms with van der Waals surface area (Å²) in [6.07, 6.45) is 3.30. The van der Waals surface area contributed by atoms with E-state index in [0.717, 1.165) is 26.1 Å². The van der Waals surface area contributed by atoms with Crippen molar-refractivity contribution in [3.05, 3.63) is 0 Å². The minimum Gasteiger partial charge on any atom is -0.393 e. The highest BCUT2D eigenvalue weighted by Gasteiger charge is 2.30. The van der Waals surface area contributed by atoms with Gasteiger partial charge in [0.25, 0.3) is 0 Å². The highest BCUT2D eigenvalue weighted by Crippen LogP contribution is 2.33. The van der Waals surface area contributed by atoms with Crippen LogP contribution in [0.2, 0.25) is 0 Å². The summed E-state index contributed by atoms with van der Waals surface area (Å²) in [6.45, 7) is 8.02. The number of hydrogen-bond donors (Lipinski definition) is 1. The quantitative estimate of drug-likeness (QED) is 0.755. The lowest BCUT2D eigenvalue weighted by molar-refractivity contribution is -0.00537. The highest BCUT2D eigenvalue weighted by molar-refractivity contribution is 4.81. The topological polar surface area (TPSA) is 29.5 Å². The average Bonchev–Trinajstić information content (AvgIpc) is 2.14. The van der Waals surface area contributed by atoms with Crippen molar-refractivity contribution in [2.75, 3.05) is 13.2 Å². The first-order chi connectivity index (χ1) is 6.65. The van der Waals surface area contributed by atoms with E-state index in [1.165, 1.54) is 6.42 Å². The van der Waals surface area contributed by atoms with Crippen LogP contribution in [0.5, 0.6) is 0 Å². The molecule has 14 heavy (non-hydrogen) atoms. The van der Waals surface area contributed by atoms with Gasteiger partial charge in [-0.2, -0.15) is 0 Å². The van der Waals surface area contributed by atoms with Crippen LogP contribution in [0.1, 0.15) is 40.0 Å². The molecule has 1 fully saturated rings. The summed E-state index contributed by atoms with van der Waals surface area (Å²) in [5.74, 6) is 1.65. The molecular weight excluding hydrogens is 176 g/mol. The van der Waals surface area contributed by atoms with Crippen LogP contribution >= 0.6 is 0 Å². The predicted octanol–water partition coefficient (Wildman–Crippen LogP) is 2.46. The van der Waals surface area contributed by atoms with Crippen LogP contribution in [0.15, 0.2) is 0 Å². The third-order valence-corrected chi connectivity index (χ3v) is 3.45. The van der Waals surface area contributed by atoms with Gasteiger partial charge in [0.1, 0.15) is 0 Å². The maximum Gasteiger partial charge on any atom is 0.0574 e. The fourth-order valence-electron chi connectivity index (χ4n) is 2.47. The van der Waals surface area contributed by atoms with Crippen molar-refractivity contribution in [3.63, 3.8) is 0 Å². The number of aliphatic hydroxyl groups excluding tert-OH is 1. The summed E-state index contributed by atoms with van der Waals surface area (Å²) < 4.78 is 5.41. The first kappa shape index (κ1) is 12.0. The molecule has 4 atom stereocenters. The van der Waals surface area contributed by atoms with E-state index >= 15 is 0 Å². The number of ether oxygens (including phenoxy) is 1. The van der Waals surface area contributed by atoms with Gasteiger partial charge in [-0.3, -0.25) is 0 Å². The minimum atomic E-state index is -0.103. The van der Waals surface area contributed by atoms with E-state index in [-0.39, 0.29) is 6.10 Å². The highest BCUT2D eigenvalue weighted by atomic mass is 16.5. The van der Waals surface area contributed by atoms with Crippen LogP contribution in [0, 0.1) is 17.8 Å². The van der Waals surface area contributed by atoms with Crippen molar-refractivity contribution in [2.45, 2.75) is 46.1 Å². The average molecular weight is 200 g/mol. The molecule has 0 amide bonds. The maximum atomic E-state index is 9.95. The summed E-state index contributed by atoms with van der Waals surface area (Å²) in [5.41, 5.74) is 0. The van der Waals surface area contributed by atoms with Crippen LogP contribution in [0.25, 0.3) is 0 Å². The molecule has 1 aliphatic rings. The summed E-state index contributed by atoms with van der Waals surface area (Å²) in [5, 5.41) is 9.95. The lowest BCUT2D eigenvalue weighted by Crippen LogP contribution is -2.34. The van der Waals surface area contributed by atoms with Gasteiger partial charge in [-0.25, -0.2) is 0 Å². The Morgan fingerprint density at radius 1 is 1.43 bits per heavy atom. The molecule has 0 aromatic heterocycles. The molecule has 1 saturated carbocycles. The lowest BCUT2D eigenvalue weighted by Gasteiger charge is -2.35. The van der Waals surface area contributed by atoms with Gasteiger partial charge in [-0.15, -0.1) is 0 Å². The van der Waals surface area contributed by atoms with E-state index in [1.807, 2.05) is 6.92 Å². The molecule has 84 valence electrons. The molecular formula is C12H24O2. The Balaban J connectivity index is 2.35. The van der Waals surface area contributed by atoms with E-state index in [9.17, 15) is 5.11 Å². The van der Waals surface area contributed by atoms with E-state index in [4.69, 9.17) is 4.74 Å². The molecule has 1 rings (SSSR count). The molecule has 1 N–H and O–H groups in total. The van der Waals surface area contributed by atoms with Gasteiger partial charge in [0, 0.05) is 13.2 Å². The van der Waals surface area contributed by atoms with E-state index < -0.39 is 0 Å². The van der Waals surface area contributed by atoms with Gasteiger partial charge >= 0.3 is 0 Å². The van der Waals surface area contributed by atoms with Crippen molar-refractivity contribution < 1.29 is 9.84 Å². The molecule has 2 nitrogen and oxygen atoms in total. The molecule has 0 heterocycles. The molecule has 0 aromatic carbocycles. The molecule has 1 unspecified atom stereocenters. The molecule has 0 spiro atoms. The number of hydrogen-bond acceptors (Lipinski definition) is 2. The Hall–Kier alpha value is -0.0800. The normalized spacial score (nSPS) is 35.6. The molecule has 0 saturated heterocycles. The third-order valence-electron chi connectivity index (χ3n) is 3.45. The number of aliphatic hydroxyl groups is 1. The first-order valence-electron chi connectivity index (χ1n) is 5.91. The Bertz CT molecular complexity index is 158. The lowest BCUT2D eigenvalue weighted by atomic mass is 9.75. The van der Waals surface area contributed by atoms with Crippen LogP contribution in [-0.2, 0) is 4.74 Å². The fraction of sp³-hybridized carbons (Fsp3) is 1.00. The minimum absolute atomic E-state index is 0.103. The summed E-state index contributed by atoms with van der Waals surface area (Å²) >= 11 is 0. The molecule has 1 aliphatic carbocycles. The first-order valence-corrected chi connectivity index (χ1v) is 5.91. The van der Waals surface area contributed by atoms with Crippen LogP contribution < -0.4 is 0 Å². The Kier molecular flexibility index (Phi) is 4.90. The van der Waals surface area contributed by atoms with Crippen molar-refractivity contribution in [3.8, 4) is 0 Å². The Morgan fingerprint density at radius 3 is 2.71 bits per heavy atom. The standard InChI is InChI=1S/C12H24O2/c1-4-14-8-10(3)11-6-5-9(2)7-12(11)13/h9-13H,4-8H2,1-3H3/t9-,10?,11+,12-/m1/s1. The van der Waals surface area contributed by atoms with E-state index in [1.54, 1.807) is 0 Å². The zero-order valence-corrected chi connectivity index (χ0v) is 9.70.